The third-order valence-corrected chi connectivity index (χ3v) is 2.19. The summed E-state index contributed by atoms with van der Waals surface area (Å²) < 4.78 is 46.1. The summed E-state index contributed by atoms with van der Waals surface area (Å²) in [5.74, 6) is -0.888. The third kappa shape index (κ3) is 3.12. The number of rotatable bonds is 3. The van der Waals surface area contributed by atoms with Crippen molar-refractivity contribution >= 4 is 0 Å². The fourth-order valence-corrected chi connectivity index (χ4v) is 1.22. The topological polar surface area (TPSA) is 81.0 Å². The van der Waals surface area contributed by atoms with Crippen molar-refractivity contribution < 1.29 is 22.4 Å². The van der Waals surface area contributed by atoms with E-state index in [-0.39, 0.29) is 17.3 Å². The van der Waals surface area contributed by atoms with Crippen LogP contribution >= 0.6 is 0 Å². The first-order valence-corrected chi connectivity index (χ1v) is 5.11. The monoisotopic (exact) mass is 275 g/mol. The van der Waals surface area contributed by atoms with Crippen LogP contribution in [-0.2, 0) is 0 Å². The molecule has 0 amide bonds. The minimum absolute atomic E-state index is 0.00936. The largest absolute Gasteiger partial charge is 0.481 e. The average Bonchev–Trinajstić information content (AvgIpc) is 2.75. The van der Waals surface area contributed by atoms with Crippen LogP contribution in [0.3, 0.4) is 0 Å². The van der Waals surface area contributed by atoms with Crippen LogP contribution in [0.5, 0.6) is 5.75 Å². The number of ether oxygens (including phenoxy) is 1. The zero-order chi connectivity index (χ0) is 14.0. The molecule has 102 valence electrons. The molecule has 2 rings (SSSR count). The Morgan fingerprint density at radius 1 is 1.47 bits per heavy atom. The van der Waals surface area contributed by atoms with E-state index in [1.807, 2.05) is 0 Å². The Kier molecular flexibility index (Phi) is 3.28. The zero-order valence-electron chi connectivity index (χ0n) is 9.56. The van der Waals surface area contributed by atoms with E-state index in [0.717, 1.165) is 6.92 Å². The Balaban J connectivity index is 2.23. The molecule has 0 bridgehead atoms. The van der Waals surface area contributed by atoms with Gasteiger partial charge < -0.3 is 9.26 Å². The molecular formula is C10H8F3N3O3. The van der Waals surface area contributed by atoms with Gasteiger partial charge in [-0.05, 0) is 13.0 Å². The Hall–Kier alpha value is -2.32. The van der Waals surface area contributed by atoms with Crippen molar-refractivity contribution in [2.24, 2.45) is 0 Å². The molecule has 0 radical (unpaired) electrons. The molecule has 0 aromatic carbocycles. The number of hydrogen-bond acceptors (Lipinski definition) is 5. The van der Waals surface area contributed by atoms with E-state index in [2.05, 4.69) is 19.6 Å². The molecule has 0 fully saturated rings. The van der Waals surface area contributed by atoms with Crippen LogP contribution in [0.4, 0.5) is 13.2 Å². The smallest absolute Gasteiger partial charge is 0.460 e. The summed E-state index contributed by atoms with van der Waals surface area (Å²) >= 11 is 0. The van der Waals surface area contributed by atoms with Gasteiger partial charge in [-0.1, -0.05) is 0 Å². The lowest BCUT2D eigenvalue weighted by Crippen LogP contribution is -2.31. The highest BCUT2D eigenvalue weighted by atomic mass is 19.4. The van der Waals surface area contributed by atoms with Gasteiger partial charge in [0.15, 0.2) is 11.9 Å². The van der Waals surface area contributed by atoms with Gasteiger partial charge in [-0.3, -0.25) is 4.98 Å². The molecule has 19 heavy (non-hydrogen) atoms. The number of nitrogens with zero attached hydrogens (tertiary/aromatic N) is 2. The fourth-order valence-electron chi connectivity index (χ4n) is 1.22. The molecule has 1 N–H and O–H groups in total. The van der Waals surface area contributed by atoms with Gasteiger partial charge in [-0.25, -0.2) is 4.79 Å². The van der Waals surface area contributed by atoms with Crippen molar-refractivity contribution in [2.75, 3.05) is 0 Å². The molecule has 1 unspecified atom stereocenters. The Morgan fingerprint density at radius 2 is 2.21 bits per heavy atom. The molecule has 0 aliphatic carbocycles. The van der Waals surface area contributed by atoms with E-state index >= 15 is 0 Å². The number of pyridine rings is 1. The Morgan fingerprint density at radius 3 is 2.79 bits per heavy atom. The van der Waals surface area contributed by atoms with E-state index < -0.39 is 18.0 Å². The predicted molar refractivity (Wildman–Crippen MR) is 56.5 cm³/mol. The van der Waals surface area contributed by atoms with Crippen LogP contribution in [0.1, 0.15) is 6.92 Å². The van der Waals surface area contributed by atoms with Gasteiger partial charge >= 0.3 is 11.9 Å². The second kappa shape index (κ2) is 4.75. The second-order valence-corrected chi connectivity index (χ2v) is 3.61. The molecule has 0 saturated heterocycles. The minimum atomic E-state index is -4.47. The van der Waals surface area contributed by atoms with Crippen molar-refractivity contribution in [3.63, 3.8) is 0 Å². The van der Waals surface area contributed by atoms with Gasteiger partial charge in [0.05, 0.1) is 0 Å². The van der Waals surface area contributed by atoms with Gasteiger partial charge in [0.25, 0.3) is 0 Å². The first kappa shape index (κ1) is 13.1. The molecule has 9 heteroatoms. The van der Waals surface area contributed by atoms with Crippen LogP contribution < -0.4 is 10.5 Å². The van der Waals surface area contributed by atoms with E-state index in [9.17, 15) is 18.0 Å². The molecule has 2 aromatic rings. The zero-order valence-corrected chi connectivity index (χ0v) is 9.56. The predicted octanol–water partition coefficient (Wildman–Crippen LogP) is 1.75. The maximum atomic E-state index is 12.3. The lowest BCUT2D eigenvalue weighted by Gasteiger charge is -2.17. The van der Waals surface area contributed by atoms with Crippen LogP contribution in [0.15, 0.2) is 27.6 Å². The van der Waals surface area contributed by atoms with E-state index in [1.165, 1.54) is 18.3 Å². The number of H-pyrrole nitrogens is 1. The normalized spacial score (nSPS) is 13.3. The van der Waals surface area contributed by atoms with Crippen molar-refractivity contribution in [2.45, 2.75) is 19.2 Å². The molecule has 0 spiro atoms. The number of halogens is 3. The highest BCUT2D eigenvalue weighted by Crippen LogP contribution is 2.26. The number of alkyl halides is 3. The van der Waals surface area contributed by atoms with E-state index in [0.29, 0.717) is 0 Å². The number of aromatic nitrogens is 3. The molecule has 2 aromatic heterocycles. The average molecular weight is 275 g/mol. The molecule has 0 aliphatic heterocycles. The molecule has 0 saturated carbocycles. The second-order valence-electron chi connectivity index (χ2n) is 3.61. The van der Waals surface area contributed by atoms with E-state index in [1.54, 1.807) is 0 Å². The van der Waals surface area contributed by atoms with Crippen molar-refractivity contribution in [1.29, 1.82) is 0 Å². The third-order valence-electron chi connectivity index (χ3n) is 2.19. The van der Waals surface area contributed by atoms with Crippen molar-refractivity contribution in [1.82, 2.24) is 15.1 Å². The van der Waals surface area contributed by atoms with Gasteiger partial charge in [0.2, 0.25) is 0 Å². The lowest BCUT2D eigenvalue weighted by atomic mass is 10.3. The van der Waals surface area contributed by atoms with Gasteiger partial charge in [0, 0.05) is 12.3 Å². The van der Waals surface area contributed by atoms with Gasteiger partial charge in [-0.2, -0.15) is 23.3 Å². The first-order valence-electron chi connectivity index (χ1n) is 5.11. The summed E-state index contributed by atoms with van der Waals surface area (Å²) in [6, 6.07) is 2.49. The Bertz CT molecular complexity index is 620. The summed E-state index contributed by atoms with van der Waals surface area (Å²) in [5, 5.41) is 2.19. The van der Waals surface area contributed by atoms with E-state index in [4.69, 9.17) is 4.74 Å². The number of nitrogens with one attached hydrogen (secondary N) is 1. The van der Waals surface area contributed by atoms with Gasteiger partial charge in [0.1, 0.15) is 11.4 Å². The maximum Gasteiger partial charge on any atom is 0.460 e. The molecular weight excluding hydrogens is 267 g/mol. The van der Waals surface area contributed by atoms with Crippen LogP contribution in [0.2, 0.25) is 0 Å². The van der Waals surface area contributed by atoms with Crippen molar-refractivity contribution in [3.8, 4) is 17.3 Å². The molecule has 6 nitrogen and oxygen atoms in total. The standard InChI is InChI=1S/C10H8F3N3O3/c1-5(10(11,12)13)18-6-2-3-14-7(4-6)8-15-9(17)19-16-8/h2-5H,1H3,(H,15,16,17). The van der Waals surface area contributed by atoms with Gasteiger partial charge in [-0.15, -0.1) is 0 Å². The summed E-state index contributed by atoms with van der Waals surface area (Å²) in [6.45, 7) is 0.887. The summed E-state index contributed by atoms with van der Waals surface area (Å²) in [7, 11) is 0. The van der Waals surface area contributed by atoms with Crippen LogP contribution in [-0.4, -0.2) is 27.4 Å². The highest BCUT2D eigenvalue weighted by molar-refractivity contribution is 5.50. The number of hydrogen-bond donors (Lipinski definition) is 1. The molecule has 2 heterocycles. The minimum Gasteiger partial charge on any atom is -0.481 e. The fraction of sp³-hybridized carbons (Fsp3) is 0.300. The Labute approximate surface area is 104 Å². The van der Waals surface area contributed by atoms with Crippen molar-refractivity contribution in [3.05, 3.63) is 28.9 Å². The summed E-state index contributed by atoms with van der Waals surface area (Å²) in [5.41, 5.74) is 0.137. The quantitative estimate of drug-likeness (QED) is 0.923. The first-order chi connectivity index (χ1) is 8.86. The summed E-state index contributed by atoms with van der Waals surface area (Å²) in [4.78, 5) is 18.0. The highest BCUT2D eigenvalue weighted by Gasteiger charge is 2.38. The SMILES string of the molecule is CC(Oc1ccnc(-c2nc(=O)o[nH]2)c1)C(F)(F)F. The maximum absolute atomic E-state index is 12.3. The molecule has 1 atom stereocenters. The molecule has 0 aliphatic rings. The summed E-state index contributed by atoms with van der Waals surface area (Å²) in [6.07, 6.45) is -5.19. The van der Waals surface area contributed by atoms with Crippen LogP contribution in [0.25, 0.3) is 11.5 Å². The lowest BCUT2D eigenvalue weighted by molar-refractivity contribution is -0.189. The van der Waals surface area contributed by atoms with Crippen LogP contribution in [0, 0.1) is 0 Å². The number of aromatic amines is 1.